The van der Waals surface area contributed by atoms with Crippen molar-refractivity contribution in [2.75, 3.05) is 6.61 Å². The third kappa shape index (κ3) is 4.58. The van der Waals surface area contributed by atoms with Crippen LogP contribution in [0, 0.1) is 11.3 Å². The Bertz CT molecular complexity index is 701. The Hall–Kier alpha value is -2.80. The summed E-state index contributed by atoms with van der Waals surface area (Å²) in [6.45, 7) is 4.04. The number of ether oxygens (including phenoxy) is 2. The lowest BCUT2D eigenvalue weighted by atomic mass is 9.99. The summed E-state index contributed by atoms with van der Waals surface area (Å²) in [6, 6.07) is 16.3. The highest BCUT2D eigenvalue weighted by Crippen LogP contribution is 2.22. The molecule has 1 atom stereocenters. The van der Waals surface area contributed by atoms with Crippen LogP contribution in [0.5, 0.6) is 11.5 Å². The number of hydrogen-bond acceptors (Lipinski definition) is 4. The quantitative estimate of drug-likeness (QED) is 0.596. The first-order chi connectivity index (χ1) is 11.1. The first-order valence-corrected chi connectivity index (χ1v) is 7.56. The Kier molecular flexibility index (Phi) is 5.76. The normalized spacial score (nSPS) is 11.3. The number of hydrogen-bond donors (Lipinski definition) is 0. The second-order valence-corrected chi connectivity index (χ2v) is 5.25. The SMILES string of the molecule is CC[C@@H](C)c1ccc(OC(=O)COc2ccccc2C#N)cc1. The van der Waals surface area contributed by atoms with Crippen LogP contribution in [-0.2, 0) is 4.79 Å². The third-order valence-corrected chi connectivity index (χ3v) is 3.65. The van der Waals surface area contributed by atoms with Gasteiger partial charge in [-0.1, -0.05) is 38.1 Å². The van der Waals surface area contributed by atoms with E-state index < -0.39 is 5.97 Å². The van der Waals surface area contributed by atoms with E-state index >= 15 is 0 Å². The minimum Gasteiger partial charge on any atom is -0.481 e. The highest BCUT2D eigenvalue weighted by atomic mass is 16.6. The Morgan fingerprint density at radius 3 is 2.52 bits per heavy atom. The van der Waals surface area contributed by atoms with Gasteiger partial charge >= 0.3 is 5.97 Å². The monoisotopic (exact) mass is 309 g/mol. The predicted octanol–water partition coefficient (Wildman–Crippen LogP) is 4.06. The van der Waals surface area contributed by atoms with E-state index in [0.717, 1.165) is 6.42 Å². The lowest BCUT2D eigenvalue weighted by Gasteiger charge is -2.10. The van der Waals surface area contributed by atoms with E-state index in [0.29, 0.717) is 23.0 Å². The molecule has 118 valence electrons. The van der Waals surface area contributed by atoms with Crippen LogP contribution in [0.15, 0.2) is 48.5 Å². The average molecular weight is 309 g/mol. The Labute approximate surface area is 136 Å². The molecule has 23 heavy (non-hydrogen) atoms. The zero-order valence-electron chi connectivity index (χ0n) is 13.3. The Morgan fingerprint density at radius 1 is 1.17 bits per heavy atom. The summed E-state index contributed by atoms with van der Waals surface area (Å²) in [5, 5.41) is 8.96. The largest absolute Gasteiger partial charge is 0.481 e. The van der Waals surface area contributed by atoms with Crippen LogP contribution < -0.4 is 9.47 Å². The molecule has 0 aliphatic rings. The molecule has 0 aliphatic heterocycles. The van der Waals surface area contributed by atoms with Gasteiger partial charge in [0.25, 0.3) is 0 Å². The van der Waals surface area contributed by atoms with Gasteiger partial charge in [-0.3, -0.25) is 0 Å². The van der Waals surface area contributed by atoms with Gasteiger partial charge in [-0.2, -0.15) is 5.26 Å². The van der Waals surface area contributed by atoms with Gasteiger partial charge < -0.3 is 9.47 Å². The van der Waals surface area contributed by atoms with Gasteiger partial charge in [-0.15, -0.1) is 0 Å². The third-order valence-electron chi connectivity index (χ3n) is 3.65. The molecule has 0 bridgehead atoms. The standard InChI is InChI=1S/C19H19NO3/c1-3-14(2)15-8-10-17(11-9-15)23-19(21)13-22-18-7-5-4-6-16(18)12-20/h4-11,14H,3,13H2,1-2H3/t14-/m1/s1. The summed E-state index contributed by atoms with van der Waals surface area (Å²) in [7, 11) is 0. The molecular formula is C19H19NO3. The van der Waals surface area contributed by atoms with Gasteiger partial charge in [0.05, 0.1) is 5.56 Å². The smallest absolute Gasteiger partial charge is 0.349 e. The van der Waals surface area contributed by atoms with Crippen molar-refractivity contribution in [3.63, 3.8) is 0 Å². The Morgan fingerprint density at radius 2 is 1.87 bits per heavy atom. The van der Waals surface area contributed by atoms with Crippen LogP contribution >= 0.6 is 0 Å². The van der Waals surface area contributed by atoms with Gasteiger partial charge in [0, 0.05) is 0 Å². The van der Waals surface area contributed by atoms with Crippen molar-refractivity contribution in [3.8, 4) is 17.6 Å². The number of carbonyl (C=O) groups excluding carboxylic acids is 1. The van der Waals surface area contributed by atoms with Gasteiger partial charge in [0.1, 0.15) is 17.6 Å². The van der Waals surface area contributed by atoms with Crippen LogP contribution in [0.3, 0.4) is 0 Å². The van der Waals surface area contributed by atoms with E-state index in [4.69, 9.17) is 14.7 Å². The van der Waals surface area contributed by atoms with Crippen LogP contribution in [0.4, 0.5) is 0 Å². The van der Waals surface area contributed by atoms with Gasteiger partial charge in [-0.05, 0) is 42.2 Å². The predicted molar refractivity (Wildman–Crippen MR) is 87.4 cm³/mol. The first kappa shape index (κ1) is 16.6. The lowest BCUT2D eigenvalue weighted by molar-refractivity contribution is -0.136. The maximum absolute atomic E-state index is 11.8. The molecule has 0 unspecified atom stereocenters. The number of benzene rings is 2. The number of para-hydroxylation sites is 1. The van der Waals surface area contributed by atoms with Crippen molar-refractivity contribution in [2.45, 2.75) is 26.2 Å². The summed E-state index contributed by atoms with van der Waals surface area (Å²) < 4.78 is 10.6. The molecule has 2 rings (SSSR count). The zero-order chi connectivity index (χ0) is 16.7. The number of esters is 1. The van der Waals surface area contributed by atoms with Crippen LogP contribution in [0.1, 0.15) is 37.3 Å². The summed E-state index contributed by atoms with van der Waals surface area (Å²) in [6.07, 6.45) is 1.06. The fraction of sp³-hybridized carbons (Fsp3) is 0.263. The molecule has 4 nitrogen and oxygen atoms in total. The second-order valence-electron chi connectivity index (χ2n) is 5.25. The minimum atomic E-state index is -0.506. The molecule has 0 N–H and O–H groups in total. The van der Waals surface area contributed by atoms with Crippen molar-refractivity contribution in [1.29, 1.82) is 5.26 Å². The summed E-state index contributed by atoms with van der Waals surface area (Å²) in [4.78, 5) is 11.8. The van der Waals surface area contributed by atoms with Crippen molar-refractivity contribution in [3.05, 3.63) is 59.7 Å². The van der Waals surface area contributed by atoms with E-state index in [1.165, 1.54) is 5.56 Å². The summed E-state index contributed by atoms with van der Waals surface area (Å²) in [5.74, 6) is 0.831. The molecule has 0 spiro atoms. The van der Waals surface area contributed by atoms with Crippen LogP contribution in [-0.4, -0.2) is 12.6 Å². The molecule has 2 aromatic carbocycles. The fourth-order valence-corrected chi connectivity index (χ4v) is 2.08. The van der Waals surface area contributed by atoms with Gasteiger partial charge in [0.15, 0.2) is 6.61 Å². The molecule has 0 amide bonds. The molecule has 0 aromatic heterocycles. The molecule has 0 aliphatic carbocycles. The number of nitriles is 1. The van der Waals surface area contributed by atoms with Gasteiger partial charge in [0.2, 0.25) is 0 Å². The molecule has 0 radical (unpaired) electrons. The highest BCUT2D eigenvalue weighted by Gasteiger charge is 2.09. The number of rotatable bonds is 6. The Balaban J connectivity index is 1.91. The summed E-state index contributed by atoms with van der Waals surface area (Å²) in [5.41, 5.74) is 1.60. The van der Waals surface area contributed by atoms with E-state index in [1.54, 1.807) is 36.4 Å². The van der Waals surface area contributed by atoms with E-state index in [2.05, 4.69) is 13.8 Å². The number of carbonyl (C=O) groups is 1. The average Bonchev–Trinajstić information content (AvgIpc) is 2.60. The second kappa shape index (κ2) is 8.00. The number of nitrogens with zero attached hydrogens (tertiary/aromatic N) is 1. The van der Waals surface area contributed by atoms with E-state index in [9.17, 15) is 4.79 Å². The molecular weight excluding hydrogens is 290 g/mol. The summed E-state index contributed by atoms with van der Waals surface area (Å²) >= 11 is 0. The van der Waals surface area contributed by atoms with E-state index in [1.807, 2.05) is 18.2 Å². The molecule has 0 heterocycles. The first-order valence-electron chi connectivity index (χ1n) is 7.56. The molecule has 0 saturated carbocycles. The van der Waals surface area contributed by atoms with Crippen LogP contribution in [0.25, 0.3) is 0 Å². The van der Waals surface area contributed by atoms with Crippen molar-refractivity contribution in [2.24, 2.45) is 0 Å². The minimum absolute atomic E-state index is 0.244. The zero-order valence-corrected chi connectivity index (χ0v) is 13.3. The van der Waals surface area contributed by atoms with Crippen LogP contribution in [0.2, 0.25) is 0 Å². The molecule has 2 aromatic rings. The van der Waals surface area contributed by atoms with E-state index in [-0.39, 0.29) is 6.61 Å². The fourth-order valence-electron chi connectivity index (χ4n) is 2.08. The van der Waals surface area contributed by atoms with Gasteiger partial charge in [-0.25, -0.2) is 4.79 Å². The maximum Gasteiger partial charge on any atom is 0.349 e. The molecule has 0 saturated heterocycles. The molecule has 4 heteroatoms. The topological polar surface area (TPSA) is 59.3 Å². The molecule has 0 fully saturated rings. The van der Waals surface area contributed by atoms with Crippen molar-refractivity contribution in [1.82, 2.24) is 0 Å². The maximum atomic E-state index is 11.8. The van der Waals surface area contributed by atoms with Crippen molar-refractivity contribution < 1.29 is 14.3 Å². The van der Waals surface area contributed by atoms with Crippen molar-refractivity contribution >= 4 is 5.97 Å². The lowest BCUT2D eigenvalue weighted by Crippen LogP contribution is -2.18. The highest BCUT2D eigenvalue weighted by molar-refractivity contribution is 5.74.